The summed E-state index contributed by atoms with van der Waals surface area (Å²) in [6.07, 6.45) is 8.00. The third-order valence-electron chi connectivity index (χ3n) is 6.97. The minimum Gasteiger partial charge on any atom is -0.352 e. The summed E-state index contributed by atoms with van der Waals surface area (Å²) >= 11 is 0. The second kappa shape index (κ2) is 10.8. The maximum atomic E-state index is 13.0. The lowest BCUT2D eigenvalue weighted by Crippen LogP contribution is -2.43. The van der Waals surface area contributed by atoms with Gasteiger partial charge in [-0.2, -0.15) is 0 Å². The van der Waals surface area contributed by atoms with Crippen molar-refractivity contribution in [1.82, 2.24) is 20.2 Å². The molecule has 5 rings (SSSR count). The smallest absolute Gasteiger partial charge is 0.225 e. The van der Waals surface area contributed by atoms with Crippen LogP contribution in [0, 0.1) is 5.92 Å². The van der Waals surface area contributed by atoms with E-state index in [0.29, 0.717) is 19.0 Å². The number of carbonyl (C=O) groups is 1. The van der Waals surface area contributed by atoms with E-state index in [0.717, 1.165) is 31.5 Å². The van der Waals surface area contributed by atoms with E-state index in [1.165, 1.54) is 42.6 Å². The van der Waals surface area contributed by atoms with Gasteiger partial charge in [0.05, 0.1) is 5.92 Å². The molecule has 2 aliphatic rings. The highest BCUT2D eigenvalue weighted by Gasteiger charge is 2.27. The molecule has 3 aromatic rings. The molecule has 0 saturated carbocycles. The van der Waals surface area contributed by atoms with Crippen LogP contribution in [0.2, 0.25) is 0 Å². The number of nitrogens with one attached hydrogen (secondary N) is 1. The molecule has 1 aromatic heterocycles. The van der Waals surface area contributed by atoms with Crippen LogP contribution in [-0.4, -0.2) is 47.0 Å². The van der Waals surface area contributed by atoms with E-state index >= 15 is 0 Å². The van der Waals surface area contributed by atoms with Gasteiger partial charge in [-0.15, -0.1) is 0 Å². The average molecular weight is 456 g/mol. The molecule has 2 aromatic carbocycles. The van der Waals surface area contributed by atoms with Gasteiger partial charge in [0.25, 0.3) is 0 Å². The van der Waals surface area contributed by atoms with Gasteiger partial charge in [-0.25, -0.2) is 9.97 Å². The molecule has 1 N–H and O–H groups in total. The van der Waals surface area contributed by atoms with Crippen LogP contribution >= 0.6 is 0 Å². The van der Waals surface area contributed by atoms with Crippen LogP contribution in [0.25, 0.3) is 11.1 Å². The molecule has 0 bridgehead atoms. The number of likely N-dealkylation sites (tertiary alicyclic amines) is 1. The second-order valence-electron chi connectivity index (χ2n) is 9.39. The number of nitrogens with zero attached hydrogens (tertiary/aromatic N) is 4. The van der Waals surface area contributed by atoms with Crippen LogP contribution in [0.3, 0.4) is 0 Å². The molecule has 2 aliphatic heterocycles. The summed E-state index contributed by atoms with van der Waals surface area (Å²) in [7, 11) is 0. The number of hydrogen-bond acceptors (Lipinski definition) is 5. The summed E-state index contributed by atoms with van der Waals surface area (Å²) in [5.41, 5.74) is 4.88. The summed E-state index contributed by atoms with van der Waals surface area (Å²) in [5.74, 6) is 0.768. The molecular weight excluding hydrogens is 422 g/mol. The molecule has 176 valence electrons. The lowest BCUT2D eigenvalue weighted by Gasteiger charge is -2.32. The summed E-state index contributed by atoms with van der Waals surface area (Å²) < 4.78 is 0. The molecule has 3 heterocycles. The number of piperidine rings is 1. The highest BCUT2D eigenvalue weighted by atomic mass is 16.1. The molecule has 0 unspecified atom stereocenters. The molecule has 1 atom stereocenters. The quantitative estimate of drug-likeness (QED) is 0.576. The van der Waals surface area contributed by atoms with Gasteiger partial charge in [0.15, 0.2) is 0 Å². The first kappa shape index (κ1) is 22.5. The Morgan fingerprint density at radius 3 is 2.47 bits per heavy atom. The van der Waals surface area contributed by atoms with Crippen molar-refractivity contribution in [3.8, 4) is 11.1 Å². The number of benzene rings is 2. The van der Waals surface area contributed by atoms with Gasteiger partial charge in [0, 0.05) is 38.6 Å². The first-order valence-corrected chi connectivity index (χ1v) is 12.5. The fourth-order valence-electron chi connectivity index (χ4n) is 5.10. The molecular formula is C28H33N5O. The van der Waals surface area contributed by atoms with E-state index < -0.39 is 0 Å². The number of anilines is 1. The van der Waals surface area contributed by atoms with Crippen LogP contribution in [0.1, 0.15) is 36.8 Å². The van der Waals surface area contributed by atoms with Gasteiger partial charge in [-0.05, 0) is 67.1 Å². The van der Waals surface area contributed by atoms with E-state index in [1.54, 1.807) is 12.4 Å². The Morgan fingerprint density at radius 1 is 0.912 bits per heavy atom. The zero-order chi connectivity index (χ0) is 23.2. The zero-order valence-electron chi connectivity index (χ0n) is 19.7. The topological polar surface area (TPSA) is 61.4 Å². The lowest BCUT2D eigenvalue weighted by atomic mass is 9.96. The molecule has 0 aliphatic carbocycles. The molecule has 0 spiro atoms. The first-order chi connectivity index (χ1) is 16.8. The molecule has 0 radical (unpaired) electrons. The normalized spacial score (nSPS) is 18.7. The molecule has 2 saturated heterocycles. The predicted molar refractivity (Wildman–Crippen MR) is 135 cm³/mol. The van der Waals surface area contributed by atoms with Gasteiger partial charge in [0.1, 0.15) is 0 Å². The monoisotopic (exact) mass is 455 g/mol. The van der Waals surface area contributed by atoms with Crippen LogP contribution in [0.4, 0.5) is 5.95 Å². The van der Waals surface area contributed by atoms with E-state index in [1.807, 2.05) is 12.1 Å². The Balaban J connectivity index is 1.21. The van der Waals surface area contributed by atoms with Crippen LogP contribution in [-0.2, 0) is 17.9 Å². The van der Waals surface area contributed by atoms with E-state index in [9.17, 15) is 4.79 Å². The van der Waals surface area contributed by atoms with Crippen molar-refractivity contribution < 1.29 is 4.79 Å². The summed E-state index contributed by atoms with van der Waals surface area (Å²) in [6, 6.07) is 19.1. The van der Waals surface area contributed by atoms with Gasteiger partial charge in [-0.1, -0.05) is 48.5 Å². The van der Waals surface area contributed by atoms with E-state index in [4.69, 9.17) is 0 Å². The van der Waals surface area contributed by atoms with Crippen LogP contribution < -0.4 is 10.2 Å². The Labute approximate surface area is 202 Å². The molecule has 34 heavy (non-hydrogen) atoms. The van der Waals surface area contributed by atoms with Crippen molar-refractivity contribution in [3.05, 3.63) is 78.1 Å². The SMILES string of the molecule is O=C(NCc1ccccc1-c1ccc(CN2CCCC2)cc1)[C@@H]1CCCN(c2ncccn2)C1. The molecule has 2 fully saturated rings. The summed E-state index contributed by atoms with van der Waals surface area (Å²) in [4.78, 5) is 26.4. The van der Waals surface area contributed by atoms with Gasteiger partial charge in [0.2, 0.25) is 11.9 Å². The highest BCUT2D eigenvalue weighted by molar-refractivity contribution is 5.80. The summed E-state index contributed by atoms with van der Waals surface area (Å²) in [6.45, 7) is 5.54. The van der Waals surface area contributed by atoms with Crippen molar-refractivity contribution >= 4 is 11.9 Å². The Kier molecular flexibility index (Phi) is 7.15. The number of hydrogen-bond donors (Lipinski definition) is 1. The number of amides is 1. The minimum atomic E-state index is -0.0467. The number of carbonyl (C=O) groups excluding carboxylic acids is 1. The van der Waals surface area contributed by atoms with Crippen molar-refractivity contribution in [3.63, 3.8) is 0 Å². The maximum Gasteiger partial charge on any atom is 0.225 e. The van der Waals surface area contributed by atoms with Crippen molar-refractivity contribution in [1.29, 1.82) is 0 Å². The Bertz CT molecular complexity index is 1080. The standard InChI is InChI=1S/C28H33N5O/c34-27(25-8-5-18-33(21-25)28-29-14-6-15-30-28)31-19-24-7-1-2-9-26(24)23-12-10-22(11-13-23)20-32-16-3-4-17-32/h1-2,6-7,9-15,25H,3-5,8,16-21H2,(H,31,34)/t25-/m1/s1. The minimum absolute atomic E-state index is 0.0467. The molecule has 6 nitrogen and oxygen atoms in total. The van der Waals surface area contributed by atoms with Gasteiger partial charge in [-0.3, -0.25) is 9.69 Å². The van der Waals surface area contributed by atoms with E-state index in [2.05, 4.69) is 67.5 Å². The van der Waals surface area contributed by atoms with Crippen molar-refractivity contribution in [2.24, 2.45) is 5.92 Å². The predicted octanol–water partition coefficient (Wildman–Crippen LogP) is 4.27. The highest BCUT2D eigenvalue weighted by Crippen LogP contribution is 2.25. The first-order valence-electron chi connectivity index (χ1n) is 12.5. The Hall–Kier alpha value is -3.25. The third-order valence-corrected chi connectivity index (χ3v) is 6.97. The third kappa shape index (κ3) is 5.45. The zero-order valence-corrected chi connectivity index (χ0v) is 19.7. The maximum absolute atomic E-state index is 13.0. The number of aromatic nitrogens is 2. The fraction of sp³-hybridized carbons (Fsp3) is 0.393. The second-order valence-corrected chi connectivity index (χ2v) is 9.39. The number of rotatable bonds is 7. The van der Waals surface area contributed by atoms with Gasteiger partial charge >= 0.3 is 0 Å². The largest absolute Gasteiger partial charge is 0.352 e. The fourth-order valence-corrected chi connectivity index (χ4v) is 5.10. The van der Waals surface area contributed by atoms with Gasteiger partial charge < -0.3 is 10.2 Å². The lowest BCUT2D eigenvalue weighted by molar-refractivity contribution is -0.125. The average Bonchev–Trinajstić information content (AvgIpc) is 3.42. The summed E-state index contributed by atoms with van der Waals surface area (Å²) in [5, 5.41) is 3.20. The molecule has 1 amide bonds. The molecule has 6 heteroatoms. The van der Waals surface area contributed by atoms with Crippen molar-refractivity contribution in [2.75, 3.05) is 31.1 Å². The Morgan fingerprint density at radius 2 is 1.68 bits per heavy atom. The van der Waals surface area contributed by atoms with Crippen molar-refractivity contribution in [2.45, 2.75) is 38.8 Å². The van der Waals surface area contributed by atoms with Crippen LogP contribution in [0.15, 0.2) is 67.0 Å². The van der Waals surface area contributed by atoms with E-state index in [-0.39, 0.29) is 11.8 Å². The van der Waals surface area contributed by atoms with Crippen LogP contribution in [0.5, 0.6) is 0 Å².